The summed E-state index contributed by atoms with van der Waals surface area (Å²) in [7, 11) is 1.76. The van der Waals surface area contributed by atoms with E-state index in [4.69, 9.17) is 4.74 Å². The molecule has 2 heteroatoms. The molecule has 0 bridgehead atoms. The first kappa shape index (κ1) is 13.2. The summed E-state index contributed by atoms with van der Waals surface area (Å²) in [6.45, 7) is 5.18. The molecule has 90 valence electrons. The Morgan fingerprint density at radius 2 is 1.94 bits per heavy atom. The Balaban J connectivity index is 2.50. The minimum atomic E-state index is 0.405. The van der Waals surface area contributed by atoms with Crippen molar-refractivity contribution in [2.45, 2.75) is 38.8 Å². The molecule has 0 saturated carbocycles. The van der Waals surface area contributed by atoms with Gasteiger partial charge in [0.1, 0.15) is 0 Å². The van der Waals surface area contributed by atoms with Crippen LogP contribution < -0.4 is 5.32 Å². The van der Waals surface area contributed by atoms with Crippen LogP contribution in [0, 0.1) is 0 Å². The smallest absolute Gasteiger partial charge is 0.0619 e. The summed E-state index contributed by atoms with van der Waals surface area (Å²) in [6.07, 6.45) is 2.17. The van der Waals surface area contributed by atoms with E-state index in [-0.39, 0.29) is 0 Å². The van der Waals surface area contributed by atoms with Crippen molar-refractivity contribution in [1.82, 2.24) is 5.32 Å². The van der Waals surface area contributed by atoms with E-state index in [1.165, 1.54) is 5.56 Å². The van der Waals surface area contributed by atoms with E-state index >= 15 is 0 Å². The number of rotatable bonds is 7. The average molecular weight is 221 g/mol. The molecule has 0 radical (unpaired) electrons. The number of nitrogens with one attached hydrogen (secondary N) is 1. The zero-order valence-electron chi connectivity index (χ0n) is 10.6. The normalized spacial score (nSPS) is 14.7. The van der Waals surface area contributed by atoms with Crippen LogP contribution in [0.25, 0.3) is 0 Å². The van der Waals surface area contributed by atoms with Gasteiger partial charge >= 0.3 is 0 Å². The summed E-state index contributed by atoms with van der Waals surface area (Å²) in [4.78, 5) is 0. The summed E-state index contributed by atoms with van der Waals surface area (Å²) >= 11 is 0. The van der Waals surface area contributed by atoms with Crippen molar-refractivity contribution >= 4 is 0 Å². The lowest BCUT2D eigenvalue weighted by atomic mass is 10.1. The van der Waals surface area contributed by atoms with Gasteiger partial charge in [0.25, 0.3) is 0 Å². The van der Waals surface area contributed by atoms with Crippen molar-refractivity contribution in [1.29, 1.82) is 0 Å². The third kappa shape index (κ3) is 4.77. The Morgan fingerprint density at radius 3 is 2.50 bits per heavy atom. The summed E-state index contributed by atoms with van der Waals surface area (Å²) in [5.74, 6) is 0. The maximum atomic E-state index is 5.26. The molecule has 1 N–H and O–H groups in total. The molecule has 2 atom stereocenters. The SMILES string of the molecule is CCC(C)NC(COC)Cc1ccccc1. The molecule has 2 nitrogen and oxygen atoms in total. The van der Waals surface area contributed by atoms with Crippen LogP contribution in [-0.2, 0) is 11.2 Å². The van der Waals surface area contributed by atoms with Gasteiger partial charge in [-0.15, -0.1) is 0 Å². The molecule has 1 aromatic carbocycles. The molecule has 0 aliphatic carbocycles. The van der Waals surface area contributed by atoms with Crippen LogP contribution >= 0.6 is 0 Å². The molecular formula is C14H23NO. The number of benzene rings is 1. The molecule has 0 fully saturated rings. The Hall–Kier alpha value is -0.860. The maximum absolute atomic E-state index is 5.26. The number of hydrogen-bond donors (Lipinski definition) is 1. The highest BCUT2D eigenvalue weighted by atomic mass is 16.5. The minimum Gasteiger partial charge on any atom is -0.383 e. The first-order chi connectivity index (χ1) is 7.76. The van der Waals surface area contributed by atoms with Crippen molar-refractivity contribution in [3.63, 3.8) is 0 Å². The average Bonchev–Trinajstić information content (AvgIpc) is 2.30. The van der Waals surface area contributed by atoms with Gasteiger partial charge in [0, 0.05) is 19.2 Å². The van der Waals surface area contributed by atoms with E-state index in [1.54, 1.807) is 7.11 Å². The Labute approximate surface area is 99.0 Å². The molecule has 16 heavy (non-hydrogen) atoms. The lowest BCUT2D eigenvalue weighted by Crippen LogP contribution is -2.40. The molecule has 1 rings (SSSR count). The maximum Gasteiger partial charge on any atom is 0.0619 e. The van der Waals surface area contributed by atoms with Crippen molar-refractivity contribution in [2.75, 3.05) is 13.7 Å². The second kappa shape index (κ2) is 7.42. The third-order valence-electron chi connectivity index (χ3n) is 2.83. The molecule has 1 aromatic rings. The fourth-order valence-electron chi connectivity index (χ4n) is 1.79. The zero-order chi connectivity index (χ0) is 11.8. The first-order valence-corrected chi connectivity index (χ1v) is 6.05. The third-order valence-corrected chi connectivity index (χ3v) is 2.83. The molecule has 0 aromatic heterocycles. The van der Waals surface area contributed by atoms with E-state index < -0.39 is 0 Å². The van der Waals surface area contributed by atoms with Crippen LogP contribution in [-0.4, -0.2) is 25.8 Å². The van der Waals surface area contributed by atoms with Gasteiger partial charge in [-0.3, -0.25) is 0 Å². The van der Waals surface area contributed by atoms with Gasteiger partial charge in [0.2, 0.25) is 0 Å². The lowest BCUT2D eigenvalue weighted by Gasteiger charge is -2.22. The molecule has 0 saturated heterocycles. The van der Waals surface area contributed by atoms with Crippen LogP contribution in [0.2, 0.25) is 0 Å². The second-order valence-corrected chi connectivity index (χ2v) is 4.32. The van der Waals surface area contributed by atoms with Gasteiger partial charge in [0.05, 0.1) is 6.61 Å². The van der Waals surface area contributed by atoms with E-state index in [1.807, 2.05) is 0 Å². The van der Waals surface area contributed by atoms with Gasteiger partial charge in [-0.05, 0) is 25.3 Å². The topological polar surface area (TPSA) is 21.3 Å². The Morgan fingerprint density at radius 1 is 1.25 bits per heavy atom. The van der Waals surface area contributed by atoms with E-state index in [0.717, 1.165) is 19.4 Å². The highest BCUT2D eigenvalue weighted by molar-refractivity contribution is 5.15. The van der Waals surface area contributed by atoms with Crippen molar-refractivity contribution in [3.05, 3.63) is 35.9 Å². The van der Waals surface area contributed by atoms with Crippen LogP contribution in [0.1, 0.15) is 25.8 Å². The van der Waals surface area contributed by atoms with Crippen molar-refractivity contribution in [2.24, 2.45) is 0 Å². The monoisotopic (exact) mass is 221 g/mol. The van der Waals surface area contributed by atoms with E-state index in [2.05, 4.69) is 49.5 Å². The second-order valence-electron chi connectivity index (χ2n) is 4.32. The van der Waals surface area contributed by atoms with Gasteiger partial charge in [0.15, 0.2) is 0 Å². The fraction of sp³-hybridized carbons (Fsp3) is 0.571. The predicted octanol–water partition coefficient (Wildman–Crippen LogP) is 2.63. The molecule has 0 heterocycles. The summed E-state index contributed by atoms with van der Waals surface area (Å²) in [5.41, 5.74) is 1.36. The predicted molar refractivity (Wildman–Crippen MR) is 68.7 cm³/mol. The molecular weight excluding hydrogens is 198 g/mol. The first-order valence-electron chi connectivity index (χ1n) is 6.05. The quantitative estimate of drug-likeness (QED) is 0.764. The van der Waals surface area contributed by atoms with Gasteiger partial charge < -0.3 is 10.1 Å². The Kier molecular flexibility index (Phi) is 6.12. The van der Waals surface area contributed by atoms with Crippen LogP contribution in [0.15, 0.2) is 30.3 Å². The highest BCUT2D eigenvalue weighted by Crippen LogP contribution is 2.05. The number of ether oxygens (including phenoxy) is 1. The van der Waals surface area contributed by atoms with Crippen LogP contribution in [0.5, 0.6) is 0 Å². The summed E-state index contributed by atoms with van der Waals surface area (Å²) < 4.78 is 5.26. The highest BCUT2D eigenvalue weighted by Gasteiger charge is 2.11. The van der Waals surface area contributed by atoms with Gasteiger partial charge in [-0.1, -0.05) is 37.3 Å². The van der Waals surface area contributed by atoms with Crippen LogP contribution in [0.4, 0.5) is 0 Å². The standard InChI is InChI=1S/C14H23NO/c1-4-12(2)15-14(11-16-3)10-13-8-6-5-7-9-13/h5-9,12,14-15H,4,10-11H2,1-3H3. The molecule has 0 spiro atoms. The van der Waals surface area contributed by atoms with Crippen molar-refractivity contribution in [3.8, 4) is 0 Å². The van der Waals surface area contributed by atoms with E-state index in [0.29, 0.717) is 12.1 Å². The molecule has 0 aliphatic rings. The number of methoxy groups -OCH3 is 1. The lowest BCUT2D eigenvalue weighted by molar-refractivity contribution is 0.160. The molecule has 2 unspecified atom stereocenters. The Bertz CT molecular complexity index is 273. The van der Waals surface area contributed by atoms with Gasteiger partial charge in [-0.25, -0.2) is 0 Å². The largest absolute Gasteiger partial charge is 0.383 e. The molecule has 0 amide bonds. The zero-order valence-corrected chi connectivity index (χ0v) is 10.6. The fourth-order valence-corrected chi connectivity index (χ4v) is 1.79. The van der Waals surface area contributed by atoms with Crippen LogP contribution in [0.3, 0.4) is 0 Å². The minimum absolute atomic E-state index is 0.405. The van der Waals surface area contributed by atoms with Gasteiger partial charge in [-0.2, -0.15) is 0 Å². The summed E-state index contributed by atoms with van der Waals surface area (Å²) in [5, 5.41) is 3.59. The number of hydrogen-bond acceptors (Lipinski definition) is 2. The van der Waals surface area contributed by atoms with E-state index in [9.17, 15) is 0 Å². The summed E-state index contributed by atoms with van der Waals surface area (Å²) in [6, 6.07) is 11.5. The van der Waals surface area contributed by atoms with Crippen molar-refractivity contribution < 1.29 is 4.74 Å². The molecule has 0 aliphatic heterocycles.